The number of ether oxygens (including phenoxy) is 1. The second-order valence-electron chi connectivity index (χ2n) is 5.78. The second kappa shape index (κ2) is 5.48. The summed E-state index contributed by atoms with van der Waals surface area (Å²) in [4.78, 5) is 0. The third-order valence-electron chi connectivity index (χ3n) is 3.83. The van der Waals surface area contributed by atoms with Gasteiger partial charge in [-0.3, -0.25) is 0 Å². The summed E-state index contributed by atoms with van der Waals surface area (Å²) in [6.45, 7) is 4.26. The van der Waals surface area contributed by atoms with Gasteiger partial charge in [0.25, 0.3) is 0 Å². The average Bonchev–Trinajstić information content (AvgIpc) is 2.98. The molecule has 2 saturated carbocycles. The molecule has 0 spiro atoms. The molecule has 2 aliphatic rings. The number of aliphatic hydroxyl groups is 1. The third kappa shape index (κ3) is 4.04. The molecule has 94 valence electrons. The quantitative estimate of drug-likeness (QED) is 0.695. The van der Waals surface area contributed by atoms with Gasteiger partial charge in [-0.2, -0.15) is 0 Å². The maximum atomic E-state index is 9.77. The van der Waals surface area contributed by atoms with Crippen LogP contribution in [0.2, 0.25) is 0 Å². The Hall–Kier alpha value is -0.120. The fraction of sp³-hybridized carbons (Fsp3) is 1.00. The lowest BCUT2D eigenvalue weighted by Gasteiger charge is -2.27. The lowest BCUT2D eigenvalue weighted by atomic mass is 10.0. The third-order valence-corrected chi connectivity index (χ3v) is 3.83. The minimum Gasteiger partial charge on any atom is -0.389 e. The van der Waals surface area contributed by atoms with Gasteiger partial charge < -0.3 is 15.2 Å². The Balaban J connectivity index is 1.53. The minimum atomic E-state index is -0.351. The first-order chi connectivity index (χ1) is 7.68. The van der Waals surface area contributed by atoms with Crippen molar-refractivity contribution in [2.24, 2.45) is 5.92 Å². The standard InChI is InChI=1S/C13H25NO2/c1-13(6-2-3-7-13)14-8-12(15)10-16-9-11-4-5-11/h11-12,14-15H,2-10H2,1H3. The van der Waals surface area contributed by atoms with E-state index < -0.39 is 0 Å². The molecule has 0 heterocycles. The number of β-amino-alcohol motifs (C(OH)–C–C–N with tert-alkyl or cyclic N) is 1. The van der Waals surface area contributed by atoms with Crippen LogP contribution in [0.5, 0.6) is 0 Å². The predicted molar refractivity (Wildman–Crippen MR) is 64.4 cm³/mol. The van der Waals surface area contributed by atoms with Crippen LogP contribution in [0.15, 0.2) is 0 Å². The maximum absolute atomic E-state index is 9.77. The first kappa shape index (κ1) is 12.3. The molecule has 0 aromatic rings. The summed E-state index contributed by atoms with van der Waals surface area (Å²) in [7, 11) is 0. The highest BCUT2D eigenvalue weighted by atomic mass is 16.5. The number of rotatable bonds is 7. The molecule has 0 aromatic carbocycles. The van der Waals surface area contributed by atoms with E-state index in [1.807, 2.05) is 0 Å². The van der Waals surface area contributed by atoms with E-state index >= 15 is 0 Å². The average molecular weight is 227 g/mol. The second-order valence-corrected chi connectivity index (χ2v) is 5.78. The summed E-state index contributed by atoms with van der Waals surface area (Å²) in [6, 6.07) is 0. The highest BCUT2D eigenvalue weighted by Crippen LogP contribution is 2.29. The van der Waals surface area contributed by atoms with Crippen LogP contribution in [0.1, 0.15) is 45.4 Å². The largest absolute Gasteiger partial charge is 0.389 e. The van der Waals surface area contributed by atoms with E-state index in [-0.39, 0.29) is 11.6 Å². The molecular weight excluding hydrogens is 202 g/mol. The summed E-state index contributed by atoms with van der Waals surface area (Å²) in [5.41, 5.74) is 0.261. The van der Waals surface area contributed by atoms with Crippen molar-refractivity contribution in [3.05, 3.63) is 0 Å². The molecule has 1 unspecified atom stereocenters. The van der Waals surface area contributed by atoms with Crippen LogP contribution in [-0.2, 0) is 4.74 Å². The van der Waals surface area contributed by atoms with Crippen LogP contribution in [0.3, 0.4) is 0 Å². The van der Waals surface area contributed by atoms with Crippen LogP contribution in [0.25, 0.3) is 0 Å². The molecule has 16 heavy (non-hydrogen) atoms. The molecule has 3 nitrogen and oxygen atoms in total. The smallest absolute Gasteiger partial charge is 0.0897 e. The van der Waals surface area contributed by atoms with Gasteiger partial charge in [0.2, 0.25) is 0 Å². The van der Waals surface area contributed by atoms with Gasteiger partial charge in [-0.1, -0.05) is 12.8 Å². The predicted octanol–water partition coefficient (Wildman–Crippen LogP) is 1.70. The SMILES string of the molecule is CC1(NCC(O)COCC2CC2)CCCC1. The zero-order valence-electron chi connectivity index (χ0n) is 10.4. The van der Waals surface area contributed by atoms with Crippen molar-refractivity contribution in [2.45, 2.75) is 57.1 Å². The fourth-order valence-electron chi connectivity index (χ4n) is 2.41. The monoisotopic (exact) mass is 227 g/mol. The normalized spacial score (nSPS) is 25.9. The van der Waals surface area contributed by atoms with Crippen molar-refractivity contribution in [1.29, 1.82) is 0 Å². The highest BCUT2D eigenvalue weighted by Gasteiger charge is 2.28. The van der Waals surface area contributed by atoms with Gasteiger partial charge >= 0.3 is 0 Å². The van der Waals surface area contributed by atoms with Gasteiger partial charge in [-0.05, 0) is 38.5 Å². The highest BCUT2D eigenvalue weighted by molar-refractivity contribution is 4.88. The zero-order valence-corrected chi connectivity index (χ0v) is 10.4. The summed E-state index contributed by atoms with van der Waals surface area (Å²) in [5.74, 6) is 0.785. The van der Waals surface area contributed by atoms with Gasteiger partial charge in [-0.25, -0.2) is 0 Å². The lowest BCUT2D eigenvalue weighted by Crippen LogP contribution is -2.44. The molecule has 2 rings (SSSR count). The Bertz CT molecular complexity index is 210. The van der Waals surface area contributed by atoms with E-state index in [2.05, 4.69) is 12.2 Å². The molecule has 0 radical (unpaired) electrons. The maximum Gasteiger partial charge on any atom is 0.0897 e. The van der Waals surface area contributed by atoms with Gasteiger partial charge in [0.15, 0.2) is 0 Å². The van der Waals surface area contributed by atoms with Gasteiger partial charge in [0.1, 0.15) is 0 Å². The van der Waals surface area contributed by atoms with Crippen molar-refractivity contribution in [1.82, 2.24) is 5.32 Å². The molecule has 0 bridgehead atoms. The van der Waals surface area contributed by atoms with E-state index in [0.29, 0.717) is 13.2 Å². The summed E-state index contributed by atoms with van der Waals surface area (Å²) >= 11 is 0. The Morgan fingerprint density at radius 1 is 1.38 bits per heavy atom. The number of hydrogen-bond acceptors (Lipinski definition) is 3. The molecule has 0 saturated heterocycles. The molecule has 0 aromatic heterocycles. The molecule has 2 fully saturated rings. The number of nitrogens with one attached hydrogen (secondary N) is 1. The Morgan fingerprint density at radius 3 is 2.69 bits per heavy atom. The van der Waals surface area contributed by atoms with Crippen LogP contribution >= 0.6 is 0 Å². The molecular formula is C13H25NO2. The molecule has 2 aliphatic carbocycles. The van der Waals surface area contributed by atoms with Crippen molar-refractivity contribution >= 4 is 0 Å². The van der Waals surface area contributed by atoms with Gasteiger partial charge in [0, 0.05) is 18.7 Å². The summed E-state index contributed by atoms with van der Waals surface area (Å²) in [5, 5.41) is 13.3. The first-order valence-electron chi connectivity index (χ1n) is 6.69. The molecule has 0 amide bonds. The van der Waals surface area contributed by atoms with Crippen molar-refractivity contribution < 1.29 is 9.84 Å². The summed E-state index contributed by atoms with van der Waals surface area (Å²) < 4.78 is 5.48. The van der Waals surface area contributed by atoms with E-state index in [4.69, 9.17) is 4.74 Å². The van der Waals surface area contributed by atoms with Crippen LogP contribution in [0.4, 0.5) is 0 Å². The van der Waals surface area contributed by atoms with E-state index in [1.54, 1.807) is 0 Å². The molecule has 1 atom stereocenters. The van der Waals surface area contributed by atoms with Crippen LogP contribution < -0.4 is 5.32 Å². The van der Waals surface area contributed by atoms with Gasteiger partial charge in [-0.15, -0.1) is 0 Å². The minimum absolute atomic E-state index is 0.261. The van der Waals surface area contributed by atoms with E-state index in [0.717, 1.165) is 12.5 Å². The van der Waals surface area contributed by atoms with Crippen LogP contribution in [0, 0.1) is 5.92 Å². The van der Waals surface area contributed by atoms with Crippen molar-refractivity contribution in [3.8, 4) is 0 Å². The Kier molecular flexibility index (Phi) is 4.22. The van der Waals surface area contributed by atoms with E-state index in [1.165, 1.54) is 38.5 Å². The van der Waals surface area contributed by atoms with Gasteiger partial charge in [0.05, 0.1) is 12.7 Å². The first-order valence-corrected chi connectivity index (χ1v) is 6.69. The Morgan fingerprint density at radius 2 is 2.06 bits per heavy atom. The summed E-state index contributed by atoms with van der Waals surface area (Å²) in [6.07, 6.45) is 7.39. The Labute approximate surface area is 98.6 Å². The van der Waals surface area contributed by atoms with Crippen molar-refractivity contribution in [3.63, 3.8) is 0 Å². The lowest BCUT2D eigenvalue weighted by molar-refractivity contribution is 0.0290. The molecule has 2 N–H and O–H groups in total. The van der Waals surface area contributed by atoms with Crippen LogP contribution in [-0.4, -0.2) is 36.5 Å². The number of hydrogen-bond donors (Lipinski definition) is 2. The van der Waals surface area contributed by atoms with E-state index in [9.17, 15) is 5.11 Å². The van der Waals surface area contributed by atoms with Crippen molar-refractivity contribution in [2.75, 3.05) is 19.8 Å². The number of aliphatic hydroxyl groups excluding tert-OH is 1. The molecule has 3 heteroatoms. The fourth-order valence-corrected chi connectivity index (χ4v) is 2.41. The zero-order chi connectivity index (χ0) is 11.4. The molecule has 0 aliphatic heterocycles. The topological polar surface area (TPSA) is 41.5 Å².